The highest BCUT2D eigenvalue weighted by atomic mass is 16.5. The highest BCUT2D eigenvalue weighted by molar-refractivity contribution is 5.91. The highest BCUT2D eigenvalue weighted by Crippen LogP contribution is 2.33. The van der Waals surface area contributed by atoms with Gasteiger partial charge in [0.1, 0.15) is 5.56 Å². The van der Waals surface area contributed by atoms with Crippen molar-refractivity contribution in [3.05, 3.63) is 41.5 Å². The predicted octanol–water partition coefficient (Wildman–Crippen LogP) is 1.88. The number of carbonyl (C=O) groups is 1. The number of ether oxygens (including phenoxy) is 1. The van der Waals surface area contributed by atoms with Gasteiger partial charge in [0.2, 0.25) is 5.88 Å². The number of rotatable bonds is 3. The Bertz CT molecular complexity index is 672. The van der Waals surface area contributed by atoms with E-state index in [2.05, 4.69) is 16.3 Å². The summed E-state index contributed by atoms with van der Waals surface area (Å²) < 4.78 is 4.92. The van der Waals surface area contributed by atoms with E-state index in [1.165, 1.54) is 18.7 Å². The first-order valence-corrected chi connectivity index (χ1v) is 6.21. The SMILES string of the molecule is COc1nnc(N2CCc3ccccc32)cc1C(=O)O. The molecule has 2 aromatic rings. The lowest BCUT2D eigenvalue weighted by molar-refractivity contribution is 0.0692. The zero-order valence-corrected chi connectivity index (χ0v) is 10.9. The van der Waals surface area contributed by atoms with Gasteiger partial charge in [0.25, 0.3) is 0 Å². The second-order valence-corrected chi connectivity index (χ2v) is 4.46. The molecule has 0 amide bonds. The second-order valence-electron chi connectivity index (χ2n) is 4.46. The Kier molecular flexibility index (Phi) is 2.98. The molecule has 0 fully saturated rings. The van der Waals surface area contributed by atoms with Crippen molar-refractivity contribution in [2.45, 2.75) is 6.42 Å². The summed E-state index contributed by atoms with van der Waals surface area (Å²) in [6, 6.07) is 9.49. The van der Waals surface area contributed by atoms with E-state index < -0.39 is 5.97 Å². The number of carboxylic acid groups (broad SMARTS) is 1. The number of fused-ring (bicyclic) bond motifs is 1. The number of para-hydroxylation sites is 1. The summed E-state index contributed by atoms with van der Waals surface area (Å²) in [5.41, 5.74) is 2.28. The Morgan fingerprint density at radius 3 is 2.90 bits per heavy atom. The maximum absolute atomic E-state index is 11.2. The first kappa shape index (κ1) is 12.4. The molecule has 0 saturated carbocycles. The van der Waals surface area contributed by atoms with E-state index in [9.17, 15) is 9.90 Å². The maximum atomic E-state index is 11.2. The standard InChI is InChI=1S/C14H13N3O3/c1-20-13-10(14(18)19)8-12(15-16-13)17-7-6-9-4-2-3-5-11(9)17/h2-5,8H,6-7H2,1H3,(H,18,19). The zero-order chi connectivity index (χ0) is 14.1. The van der Waals surface area contributed by atoms with Crippen molar-refractivity contribution < 1.29 is 14.6 Å². The molecule has 102 valence electrons. The Morgan fingerprint density at radius 2 is 2.15 bits per heavy atom. The van der Waals surface area contributed by atoms with Crippen LogP contribution in [0.3, 0.4) is 0 Å². The van der Waals surface area contributed by atoms with Gasteiger partial charge in [-0.3, -0.25) is 0 Å². The number of carboxylic acids is 1. The fourth-order valence-electron chi connectivity index (χ4n) is 2.38. The van der Waals surface area contributed by atoms with Gasteiger partial charge in [-0.05, 0) is 18.1 Å². The van der Waals surface area contributed by atoms with Gasteiger partial charge in [-0.15, -0.1) is 10.2 Å². The fourth-order valence-corrected chi connectivity index (χ4v) is 2.38. The summed E-state index contributed by atoms with van der Waals surface area (Å²) in [5.74, 6) is -0.535. The van der Waals surface area contributed by atoms with Crippen LogP contribution >= 0.6 is 0 Å². The van der Waals surface area contributed by atoms with E-state index in [4.69, 9.17) is 4.74 Å². The molecular weight excluding hydrogens is 258 g/mol. The summed E-state index contributed by atoms with van der Waals surface area (Å²) in [4.78, 5) is 13.2. The molecule has 2 heterocycles. The molecule has 6 nitrogen and oxygen atoms in total. The number of nitrogens with zero attached hydrogens (tertiary/aromatic N) is 3. The Hall–Kier alpha value is -2.63. The van der Waals surface area contributed by atoms with Crippen molar-refractivity contribution in [1.82, 2.24) is 10.2 Å². The van der Waals surface area contributed by atoms with Crippen molar-refractivity contribution in [3.8, 4) is 5.88 Å². The van der Waals surface area contributed by atoms with Gasteiger partial charge in [0.15, 0.2) is 5.82 Å². The number of benzene rings is 1. The van der Waals surface area contributed by atoms with Crippen LogP contribution in [0.4, 0.5) is 11.5 Å². The van der Waals surface area contributed by atoms with Crippen LogP contribution < -0.4 is 9.64 Å². The summed E-state index contributed by atoms with van der Waals surface area (Å²) in [6.45, 7) is 0.763. The molecule has 0 atom stereocenters. The van der Waals surface area contributed by atoms with Gasteiger partial charge in [0.05, 0.1) is 7.11 Å². The van der Waals surface area contributed by atoms with Gasteiger partial charge in [0, 0.05) is 18.3 Å². The topological polar surface area (TPSA) is 75.6 Å². The second kappa shape index (κ2) is 4.80. The number of anilines is 2. The predicted molar refractivity (Wildman–Crippen MR) is 72.7 cm³/mol. The lowest BCUT2D eigenvalue weighted by Crippen LogP contribution is -2.17. The van der Waals surface area contributed by atoms with Crippen LogP contribution in [0.15, 0.2) is 30.3 Å². The third-order valence-electron chi connectivity index (χ3n) is 3.33. The van der Waals surface area contributed by atoms with Crippen LogP contribution in [0.5, 0.6) is 5.88 Å². The first-order valence-electron chi connectivity index (χ1n) is 6.21. The number of hydrogen-bond acceptors (Lipinski definition) is 5. The summed E-state index contributed by atoms with van der Waals surface area (Å²) in [6.07, 6.45) is 0.909. The quantitative estimate of drug-likeness (QED) is 0.918. The minimum atomic E-state index is -1.08. The van der Waals surface area contributed by atoms with E-state index in [1.807, 2.05) is 23.1 Å². The van der Waals surface area contributed by atoms with Crippen LogP contribution in [-0.2, 0) is 6.42 Å². The zero-order valence-electron chi connectivity index (χ0n) is 10.9. The third-order valence-corrected chi connectivity index (χ3v) is 3.33. The van der Waals surface area contributed by atoms with Gasteiger partial charge in [-0.25, -0.2) is 4.79 Å². The van der Waals surface area contributed by atoms with E-state index in [1.54, 1.807) is 0 Å². The minimum absolute atomic E-state index is 0.0156. The average molecular weight is 271 g/mol. The number of hydrogen-bond donors (Lipinski definition) is 1. The van der Waals surface area contributed by atoms with Crippen LogP contribution in [-0.4, -0.2) is 34.9 Å². The molecule has 1 N–H and O–H groups in total. The molecule has 0 unspecified atom stereocenters. The first-order chi connectivity index (χ1) is 9.70. The van der Waals surface area contributed by atoms with Gasteiger partial charge < -0.3 is 14.7 Å². The molecule has 20 heavy (non-hydrogen) atoms. The molecule has 1 aromatic carbocycles. The van der Waals surface area contributed by atoms with Crippen LogP contribution in [0, 0.1) is 0 Å². The summed E-state index contributed by atoms with van der Waals surface area (Å²) in [7, 11) is 1.38. The Morgan fingerprint density at radius 1 is 1.35 bits per heavy atom. The van der Waals surface area contributed by atoms with E-state index in [-0.39, 0.29) is 11.4 Å². The van der Waals surface area contributed by atoms with Gasteiger partial charge in [-0.1, -0.05) is 18.2 Å². The van der Waals surface area contributed by atoms with Crippen LogP contribution in [0.25, 0.3) is 0 Å². The molecule has 3 rings (SSSR count). The Balaban J connectivity index is 2.04. The van der Waals surface area contributed by atoms with Crippen molar-refractivity contribution in [1.29, 1.82) is 0 Å². The van der Waals surface area contributed by atoms with E-state index in [0.717, 1.165) is 18.7 Å². The van der Waals surface area contributed by atoms with E-state index in [0.29, 0.717) is 5.82 Å². The van der Waals surface area contributed by atoms with Crippen LogP contribution in [0.2, 0.25) is 0 Å². The largest absolute Gasteiger partial charge is 0.479 e. The number of aromatic carboxylic acids is 1. The van der Waals surface area contributed by atoms with Gasteiger partial charge >= 0.3 is 5.97 Å². The normalized spacial score (nSPS) is 13.2. The lowest BCUT2D eigenvalue weighted by Gasteiger charge is -2.18. The number of aromatic nitrogens is 2. The lowest BCUT2D eigenvalue weighted by atomic mass is 10.2. The summed E-state index contributed by atoms with van der Waals surface area (Å²) >= 11 is 0. The maximum Gasteiger partial charge on any atom is 0.341 e. The molecule has 0 spiro atoms. The summed E-state index contributed by atoms with van der Waals surface area (Å²) in [5, 5.41) is 17.1. The molecule has 0 aliphatic carbocycles. The smallest absolute Gasteiger partial charge is 0.341 e. The molecule has 6 heteroatoms. The molecule has 1 aliphatic rings. The van der Waals surface area contributed by atoms with Crippen molar-refractivity contribution in [2.75, 3.05) is 18.6 Å². The highest BCUT2D eigenvalue weighted by Gasteiger charge is 2.23. The fraction of sp³-hybridized carbons (Fsp3) is 0.214. The van der Waals surface area contributed by atoms with Crippen molar-refractivity contribution in [2.24, 2.45) is 0 Å². The van der Waals surface area contributed by atoms with E-state index >= 15 is 0 Å². The molecular formula is C14H13N3O3. The third kappa shape index (κ3) is 1.95. The molecule has 0 radical (unpaired) electrons. The average Bonchev–Trinajstić information content (AvgIpc) is 2.90. The molecule has 1 aromatic heterocycles. The number of methoxy groups -OCH3 is 1. The molecule has 1 aliphatic heterocycles. The van der Waals surface area contributed by atoms with Crippen molar-refractivity contribution >= 4 is 17.5 Å². The minimum Gasteiger partial charge on any atom is -0.479 e. The molecule has 0 bridgehead atoms. The van der Waals surface area contributed by atoms with Crippen LogP contribution in [0.1, 0.15) is 15.9 Å². The van der Waals surface area contributed by atoms with Gasteiger partial charge in [-0.2, -0.15) is 0 Å². The molecule has 0 saturated heterocycles. The Labute approximate surface area is 115 Å². The van der Waals surface area contributed by atoms with Crippen molar-refractivity contribution in [3.63, 3.8) is 0 Å². The monoisotopic (exact) mass is 271 g/mol.